The number of aryl methyl sites for hydroxylation is 1. The minimum absolute atomic E-state index is 0.0262. The molecular formula is C59H56. The zero-order chi connectivity index (χ0) is 39.8. The smallest absolute Gasteiger partial charge is 0.0130 e. The van der Waals surface area contributed by atoms with Crippen LogP contribution in [0.15, 0.2) is 149 Å². The van der Waals surface area contributed by atoms with Crippen LogP contribution in [0.25, 0.3) is 23.3 Å². The molecule has 8 aliphatic carbocycles. The maximum absolute atomic E-state index is 2.69. The molecule has 0 fully saturated rings. The second kappa shape index (κ2) is 12.9. The van der Waals surface area contributed by atoms with Crippen LogP contribution in [0.2, 0.25) is 0 Å². The van der Waals surface area contributed by atoms with Crippen LogP contribution in [0.4, 0.5) is 0 Å². The van der Waals surface area contributed by atoms with Crippen LogP contribution in [0, 0.1) is 11.8 Å². The first kappa shape index (κ1) is 35.7. The van der Waals surface area contributed by atoms with Gasteiger partial charge in [0.25, 0.3) is 0 Å². The van der Waals surface area contributed by atoms with Crippen molar-refractivity contribution < 1.29 is 0 Å². The van der Waals surface area contributed by atoms with E-state index >= 15 is 0 Å². The van der Waals surface area contributed by atoms with Gasteiger partial charge in [-0.1, -0.05) is 167 Å². The highest BCUT2D eigenvalue weighted by Crippen LogP contribution is 2.58. The third-order valence-corrected chi connectivity index (χ3v) is 16.4. The van der Waals surface area contributed by atoms with Gasteiger partial charge >= 0.3 is 0 Å². The van der Waals surface area contributed by atoms with Gasteiger partial charge in [0.1, 0.15) is 0 Å². The van der Waals surface area contributed by atoms with Crippen molar-refractivity contribution in [1.29, 1.82) is 0 Å². The topological polar surface area (TPSA) is 0 Å². The summed E-state index contributed by atoms with van der Waals surface area (Å²) >= 11 is 0. The van der Waals surface area contributed by atoms with Gasteiger partial charge in [-0.3, -0.25) is 0 Å². The SMILES string of the molecule is CC1Cc2c(c(C3=CCC4C(=C3)C(C)(C)c3ccccc34)cc3c2CC(C2=CCC4C(=C2)C(C)(C)c2ccccc24)C2=C3CCC=C2)C=C1C1=Cc2ccccc2CC1. The maximum Gasteiger partial charge on any atom is 0.0130 e. The number of benzene rings is 4. The van der Waals surface area contributed by atoms with Gasteiger partial charge in [0.2, 0.25) is 0 Å². The lowest BCUT2D eigenvalue weighted by atomic mass is 9.65. The van der Waals surface area contributed by atoms with Gasteiger partial charge in [-0.05, 0) is 158 Å². The van der Waals surface area contributed by atoms with E-state index in [1.165, 1.54) is 44.5 Å². The first-order chi connectivity index (χ1) is 28.7. The Morgan fingerprint density at radius 2 is 1.31 bits per heavy atom. The first-order valence-electron chi connectivity index (χ1n) is 22.8. The van der Waals surface area contributed by atoms with E-state index in [4.69, 9.17) is 0 Å². The molecule has 0 spiro atoms. The van der Waals surface area contributed by atoms with E-state index in [0.29, 0.717) is 23.7 Å². The molecule has 59 heavy (non-hydrogen) atoms. The molecule has 292 valence electrons. The Morgan fingerprint density at radius 3 is 2.08 bits per heavy atom. The van der Waals surface area contributed by atoms with Crippen LogP contribution in [0.3, 0.4) is 0 Å². The van der Waals surface area contributed by atoms with Crippen molar-refractivity contribution in [2.45, 2.75) is 109 Å². The average Bonchev–Trinajstić information content (AvgIpc) is 3.64. The second-order valence-electron chi connectivity index (χ2n) is 20.1. The summed E-state index contributed by atoms with van der Waals surface area (Å²) in [5, 5.41) is 0. The normalized spacial score (nSPS) is 26.3. The number of hydrogen-bond acceptors (Lipinski definition) is 0. The third-order valence-electron chi connectivity index (χ3n) is 16.4. The van der Waals surface area contributed by atoms with Crippen LogP contribution in [0.1, 0.15) is 140 Å². The van der Waals surface area contributed by atoms with E-state index in [2.05, 4.69) is 162 Å². The summed E-state index contributed by atoms with van der Waals surface area (Å²) in [6.07, 6.45) is 29.6. The fourth-order valence-corrected chi connectivity index (χ4v) is 13.4. The maximum atomic E-state index is 2.69. The molecule has 0 amide bonds. The van der Waals surface area contributed by atoms with Crippen LogP contribution in [0.5, 0.6) is 0 Å². The van der Waals surface area contributed by atoms with Crippen molar-refractivity contribution in [3.05, 3.63) is 210 Å². The summed E-state index contributed by atoms with van der Waals surface area (Å²) in [6, 6.07) is 30.2. The van der Waals surface area contributed by atoms with Gasteiger partial charge in [0, 0.05) is 28.6 Å². The highest BCUT2D eigenvalue weighted by Gasteiger charge is 2.45. The molecule has 4 unspecified atom stereocenters. The molecule has 8 aliphatic rings. The van der Waals surface area contributed by atoms with Crippen LogP contribution in [-0.2, 0) is 30.1 Å². The van der Waals surface area contributed by atoms with Crippen molar-refractivity contribution in [2.24, 2.45) is 11.8 Å². The van der Waals surface area contributed by atoms with Gasteiger partial charge in [-0.25, -0.2) is 0 Å². The van der Waals surface area contributed by atoms with Gasteiger partial charge in [0.05, 0.1) is 0 Å². The Morgan fingerprint density at radius 1 is 0.610 bits per heavy atom. The second-order valence-corrected chi connectivity index (χ2v) is 20.1. The summed E-state index contributed by atoms with van der Waals surface area (Å²) in [6.45, 7) is 12.4. The van der Waals surface area contributed by atoms with E-state index in [1.54, 1.807) is 61.3 Å². The molecule has 0 radical (unpaired) electrons. The molecule has 4 atom stereocenters. The molecule has 4 aromatic carbocycles. The molecule has 0 heterocycles. The third kappa shape index (κ3) is 5.20. The predicted octanol–water partition coefficient (Wildman–Crippen LogP) is 14.7. The van der Waals surface area contributed by atoms with Crippen LogP contribution >= 0.6 is 0 Å². The Balaban J connectivity index is 1.03. The molecule has 4 aromatic rings. The molecule has 0 aromatic heterocycles. The van der Waals surface area contributed by atoms with Crippen molar-refractivity contribution in [3.8, 4) is 0 Å². The molecule has 12 rings (SSSR count). The molecule has 0 aliphatic heterocycles. The molecule has 0 saturated carbocycles. The Kier molecular flexibility index (Phi) is 7.81. The lowest BCUT2D eigenvalue weighted by Crippen LogP contribution is -2.25. The Bertz CT molecular complexity index is 2790. The van der Waals surface area contributed by atoms with Crippen LogP contribution in [-0.4, -0.2) is 0 Å². The van der Waals surface area contributed by atoms with E-state index in [1.807, 2.05) is 0 Å². The van der Waals surface area contributed by atoms with Crippen LogP contribution < -0.4 is 0 Å². The molecule has 0 nitrogen and oxygen atoms in total. The molecule has 0 saturated heterocycles. The van der Waals surface area contributed by atoms with E-state index < -0.39 is 0 Å². The van der Waals surface area contributed by atoms with E-state index in [-0.39, 0.29) is 10.8 Å². The summed E-state index contributed by atoms with van der Waals surface area (Å²) in [5.74, 6) is 1.85. The molecule has 0 bridgehead atoms. The Labute approximate surface area is 352 Å². The summed E-state index contributed by atoms with van der Waals surface area (Å²) < 4.78 is 0. The number of allylic oxidation sites excluding steroid dienone is 14. The van der Waals surface area contributed by atoms with Crippen molar-refractivity contribution in [1.82, 2.24) is 0 Å². The number of fused-ring (bicyclic) bond motifs is 11. The van der Waals surface area contributed by atoms with E-state index in [0.717, 1.165) is 51.4 Å². The summed E-state index contributed by atoms with van der Waals surface area (Å²) in [7, 11) is 0. The Hall–Kier alpha value is -5.20. The zero-order valence-electron chi connectivity index (χ0n) is 35.6. The van der Waals surface area contributed by atoms with Gasteiger partial charge in [-0.2, -0.15) is 0 Å². The van der Waals surface area contributed by atoms with E-state index in [9.17, 15) is 0 Å². The van der Waals surface area contributed by atoms with Crippen molar-refractivity contribution in [3.63, 3.8) is 0 Å². The standard InChI is InChI=1S/C59H56/c1-35-28-50-52(32-47(35)38-23-22-36-14-6-7-15-37(36)29-38)49(40-25-27-46-44-19-11-13-21-55(44)59(4,5)57(46)31-40)34-51-42-17-9-8-16-41(42)48(33-53(50)51)39-24-26-45-43-18-10-12-20-54(43)58(2,3)56(45)30-39/h6-8,10-16,18-21,24-25,29-32,34-35,45-46,48H,9,17,22-23,26-28,33H2,1-5H3. The highest BCUT2D eigenvalue weighted by molar-refractivity contribution is 5.91. The quantitative estimate of drug-likeness (QED) is 0.195. The monoisotopic (exact) mass is 764 g/mol. The summed E-state index contributed by atoms with van der Waals surface area (Å²) in [4.78, 5) is 0. The highest BCUT2D eigenvalue weighted by atomic mass is 14.5. The zero-order valence-corrected chi connectivity index (χ0v) is 35.6. The lowest BCUT2D eigenvalue weighted by molar-refractivity contribution is 0.598. The minimum Gasteiger partial charge on any atom is -0.0839 e. The lowest BCUT2D eigenvalue weighted by Gasteiger charge is -2.38. The fraction of sp³-hybridized carbons (Fsp3) is 0.322. The first-order valence-corrected chi connectivity index (χ1v) is 22.8. The van der Waals surface area contributed by atoms with Crippen molar-refractivity contribution >= 4 is 23.3 Å². The molecule has 0 heteroatoms. The minimum atomic E-state index is 0.0262. The predicted molar refractivity (Wildman–Crippen MR) is 248 cm³/mol. The van der Waals surface area contributed by atoms with Gasteiger partial charge in [0.15, 0.2) is 0 Å². The molecular weight excluding hydrogens is 709 g/mol. The van der Waals surface area contributed by atoms with Gasteiger partial charge in [-0.15, -0.1) is 0 Å². The van der Waals surface area contributed by atoms with Gasteiger partial charge < -0.3 is 0 Å². The average molecular weight is 765 g/mol. The largest absolute Gasteiger partial charge is 0.0839 e. The summed E-state index contributed by atoms with van der Waals surface area (Å²) in [5.41, 5.74) is 29.4. The number of rotatable bonds is 3. The fourth-order valence-electron chi connectivity index (χ4n) is 13.4. The number of hydrogen-bond donors (Lipinski definition) is 0. The van der Waals surface area contributed by atoms with Crippen molar-refractivity contribution in [2.75, 3.05) is 0 Å². The molecule has 0 N–H and O–H groups in total.